The third kappa shape index (κ3) is 4.43. The topological polar surface area (TPSA) is 73.9 Å². The Morgan fingerprint density at radius 3 is 2.40 bits per heavy atom. The van der Waals surface area contributed by atoms with E-state index >= 15 is 0 Å². The number of carbonyl (C=O) groups is 2. The number of benzene rings is 3. The number of nitrogens with one attached hydrogen (secondary N) is 1. The molecule has 1 heterocycles. The van der Waals surface area contributed by atoms with Gasteiger partial charge >= 0.3 is 5.97 Å². The molecule has 4 rings (SSSR count). The summed E-state index contributed by atoms with van der Waals surface area (Å²) in [6.07, 6.45) is -0.916. The summed E-state index contributed by atoms with van der Waals surface area (Å²) in [5.74, 6) is 0.424. The summed E-state index contributed by atoms with van der Waals surface area (Å²) in [5.41, 5.74) is 3.32. The second-order valence-corrected chi connectivity index (χ2v) is 6.90. The first-order valence-corrected chi connectivity index (χ1v) is 9.63. The lowest BCUT2D eigenvalue weighted by Crippen LogP contribution is -2.35. The van der Waals surface area contributed by atoms with Crippen LogP contribution in [0.2, 0.25) is 0 Å². The van der Waals surface area contributed by atoms with Crippen molar-refractivity contribution in [3.8, 4) is 22.6 Å². The second kappa shape index (κ2) is 8.69. The Morgan fingerprint density at radius 2 is 1.63 bits per heavy atom. The van der Waals surface area contributed by atoms with Crippen LogP contribution in [0.15, 0.2) is 72.8 Å². The highest BCUT2D eigenvalue weighted by Gasteiger charge is 2.19. The van der Waals surface area contributed by atoms with Gasteiger partial charge in [-0.3, -0.25) is 4.79 Å². The summed E-state index contributed by atoms with van der Waals surface area (Å²) in [7, 11) is 0. The average molecular weight is 403 g/mol. The van der Waals surface area contributed by atoms with E-state index in [9.17, 15) is 9.59 Å². The van der Waals surface area contributed by atoms with Gasteiger partial charge in [0.15, 0.2) is 17.6 Å². The van der Waals surface area contributed by atoms with Crippen LogP contribution in [0.25, 0.3) is 11.1 Å². The fourth-order valence-electron chi connectivity index (χ4n) is 3.10. The van der Waals surface area contributed by atoms with Crippen LogP contribution in [0.5, 0.6) is 11.5 Å². The van der Waals surface area contributed by atoms with E-state index in [1.807, 2.05) is 54.6 Å². The first-order valence-electron chi connectivity index (χ1n) is 9.63. The Kier molecular flexibility index (Phi) is 5.66. The summed E-state index contributed by atoms with van der Waals surface area (Å²) in [6, 6.07) is 22.4. The van der Waals surface area contributed by atoms with Gasteiger partial charge in [-0.05, 0) is 47.9 Å². The monoisotopic (exact) mass is 403 g/mol. The van der Waals surface area contributed by atoms with E-state index in [1.54, 1.807) is 25.1 Å². The van der Waals surface area contributed by atoms with Crippen LogP contribution in [-0.4, -0.2) is 24.8 Å². The molecule has 1 N–H and O–H groups in total. The molecule has 0 radical (unpaired) electrons. The maximum atomic E-state index is 12.4. The molecule has 0 saturated carbocycles. The number of carbonyl (C=O) groups excluding carboxylic acids is 2. The third-order valence-electron chi connectivity index (χ3n) is 4.78. The number of rotatable bonds is 6. The van der Waals surface area contributed by atoms with Gasteiger partial charge in [-0.25, -0.2) is 4.79 Å². The molecule has 3 aromatic rings. The number of ether oxygens (including phenoxy) is 3. The van der Waals surface area contributed by atoms with Crippen LogP contribution < -0.4 is 14.8 Å². The zero-order valence-corrected chi connectivity index (χ0v) is 16.5. The summed E-state index contributed by atoms with van der Waals surface area (Å²) >= 11 is 0. The lowest BCUT2D eigenvalue weighted by atomic mass is 10.0. The van der Waals surface area contributed by atoms with Gasteiger partial charge in [0, 0.05) is 6.54 Å². The standard InChI is InChI=1S/C24H21NO5/c1-16(23(26)25-14-17-7-12-21-22(13-17)29-15-28-21)30-24(27)20-10-8-19(9-11-20)18-5-3-2-4-6-18/h2-13,16H,14-15H2,1H3,(H,25,26)/t16-/m1/s1. The highest BCUT2D eigenvalue weighted by Crippen LogP contribution is 2.32. The molecule has 0 aliphatic carbocycles. The molecular weight excluding hydrogens is 382 g/mol. The smallest absolute Gasteiger partial charge is 0.338 e. The third-order valence-corrected chi connectivity index (χ3v) is 4.78. The molecule has 152 valence electrons. The van der Waals surface area contributed by atoms with Crippen molar-refractivity contribution >= 4 is 11.9 Å². The van der Waals surface area contributed by atoms with Crippen molar-refractivity contribution in [1.82, 2.24) is 5.32 Å². The van der Waals surface area contributed by atoms with Gasteiger partial charge in [0.1, 0.15) is 0 Å². The lowest BCUT2D eigenvalue weighted by Gasteiger charge is -2.14. The highest BCUT2D eigenvalue weighted by atomic mass is 16.7. The molecule has 0 saturated heterocycles. The van der Waals surface area contributed by atoms with Crippen LogP contribution >= 0.6 is 0 Å². The Morgan fingerprint density at radius 1 is 0.933 bits per heavy atom. The van der Waals surface area contributed by atoms with E-state index < -0.39 is 12.1 Å². The molecule has 0 fully saturated rings. The molecule has 6 nitrogen and oxygen atoms in total. The quantitative estimate of drug-likeness (QED) is 0.631. The van der Waals surface area contributed by atoms with E-state index in [4.69, 9.17) is 14.2 Å². The van der Waals surface area contributed by atoms with Crippen LogP contribution in [0.1, 0.15) is 22.8 Å². The first kappa shape index (κ1) is 19.5. The Balaban J connectivity index is 1.31. The van der Waals surface area contributed by atoms with E-state index in [0.717, 1.165) is 16.7 Å². The molecule has 1 aliphatic heterocycles. The van der Waals surface area contributed by atoms with Crippen LogP contribution in [0, 0.1) is 0 Å². The van der Waals surface area contributed by atoms with Gasteiger partial charge in [-0.15, -0.1) is 0 Å². The fourth-order valence-corrected chi connectivity index (χ4v) is 3.10. The molecule has 6 heteroatoms. The molecule has 0 aromatic heterocycles. The van der Waals surface area contributed by atoms with Crippen molar-refractivity contribution in [1.29, 1.82) is 0 Å². The summed E-state index contributed by atoms with van der Waals surface area (Å²) in [4.78, 5) is 24.7. The van der Waals surface area contributed by atoms with Gasteiger partial charge in [-0.1, -0.05) is 48.5 Å². The van der Waals surface area contributed by atoms with Gasteiger partial charge in [0.25, 0.3) is 5.91 Å². The molecule has 30 heavy (non-hydrogen) atoms. The van der Waals surface area contributed by atoms with E-state index in [1.165, 1.54) is 0 Å². The molecule has 0 spiro atoms. The molecule has 3 aromatic carbocycles. The Hall–Kier alpha value is -3.80. The minimum Gasteiger partial charge on any atom is -0.454 e. The van der Waals surface area contributed by atoms with Gasteiger partial charge in [0.05, 0.1) is 5.56 Å². The van der Waals surface area contributed by atoms with Crippen molar-refractivity contribution in [2.75, 3.05) is 6.79 Å². The summed E-state index contributed by atoms with van der Waals surface area (Å²) in [5, 5.41) is 2.76. The maximum Gasteiger partial charge on any atom is 0.338 e. The second-order valence-electron chi connectivity index (χ2n) is 6.90. The predicted octanol–water partition coefficient (Wildman–Crippen LogP) is 3.94. The van der Waals surface area contributed by atoms with Crippen molar-refractivity contribution in [2.24, 2.45) is 0 Å². The number of hydrogen-bond acceptors (Lipinski definition) is 5. The van der Waals surface area contributed by atoms with Gasteiger partial charge < -0.3 is 19.5 Å². The molecule has 0 bridgehead atoms. The van der Waals surface area contributed by atoms with Crippen LogP contribution in [-0.2, 0) is 16.1 Å². The summed E-state index contributed by atoms with van der Waals surface area (Å²) in [6.45, 7) is 2.04. The van der Waals surface area contributed by atoms with Crippen LogP contribution in [0.3, 0.4) is 0 Å². The predicted molar refractivity (Wildman–Crippen MR) is 111 cm³/mol. The van der Waals surface area contributed by atoms with Crippen molar-refractivity contribution in [3.63, 3.8) is 0 Å². The van der Waals surface area contributed by atoms with Crippen molar-refractivity contribution in [2.45, 2.75) is 19.6 Å². The van der Waals surface area contributed by atoms with Crippen molar-refractivity contribution < 1.29 is 23.8 Å². The van der Waals surface area contributed by atoms with E-state index in [-0.39, 0.29) is 12.7 Å². The van der Waals surface area contributed by atoms with Gasteiger partial charge in [0.2, 0.25) is 6.79 Å². The molecule has 0 unspecified atom stereocenters. The van der Waals surface area contributed by atoms with Gasteiger partial charge in [-0.2, -0.15) is 0 Å². The Bertz CT molecular complexity index is 1050. The largest absolute Gasteiger partial charge is 0.454 e. The van der Waals surface area contributed by atoms with Crippen LogP contribution in [0.4, 0.5) is 0 Å². The molecular formula is C24H21NO5. The summed E-state index contributed by atoms with van der Waals surface area (Å²) < 4.78 is 15.9. The minimum absolute atomic E-state index is 0.199. The normalized spacial score (nSPS) is 12.8. The zero-order chi connectivity index (χ0) is 20.9. The lowest BCUT2D eigenvalue weighted by molar-refractivity contribution is -0.129. The SMILES string of the molecule is C[C@@H](OC(=O)c1ccc(-c2ccccc2)cc1)C(=O)NCc1ccc2c(c1)OCO2. The van der Waals surface area contributed by atoms with Crippen molar-refractivity contribution in [3.05, 3.63) is 83.9 Å². The Labute approximate surface area is 174 Å². The minimum atomic E-state index is -0.916. The number of hydrogen-bond donors (Lipinski definition) is 1. The number of fused-ring (bicyclic) bond motifs is 1. The number of amides is 1. The zero-order valence-electron chi connectivity index (χ0n) is 16.5. The molecule has 1 aliphatic rings. The molecule has 1 atom stereocenters. The molecule has 1 amide bonds. The van der Waals surface area contributed by atoms with E-state index in [2.05, 4.69) is 5.32 Å². The maximum absolute atomic E-state index is 12.4. The first-order chi connectivity index (χ1) is 14.6. The van der Waals surface area contributed by atoms with E-state index in [0.29, 0.717) is 23.6 Å². The number of esters is 1. The fraction of sp³-hybridized carbons (Fsp3) is 0.167. The average Bonchev–Trinajstić information content (AvgIpc) is 3.26. The highest BCUT2D eigenvalue weighted by molar-refractivity contribution is 5.92.